The number of hydrogen-bond acceptors (Lipinski definition) is 5. The van der Waals surface area contributed by atoms with Crippen LogP contribution in [0.5, 0.6) is 5.75 Å². The maximum Gasteiger partial charge on any atom is 0.300 e. The van der Waals surface area contributed by atoms with E-state index >= 15 is 0 Å². The lowest BCUT2D eigenvalue weighted by Gasteiger charge is -2.23. The Balaban J connectivity index is 1.99. The van der Waals surface area contributed by atoms with E-state index in [2.05, 4.69) is 0 Å². The quantitative estimate of drug-likeness (QED) is 0.298. The van der Waals surface area contributed by atoms with Gasteiger partial charge in [-0.3, -0.25) is 14.5 Å². The molecular formula is C23H16Cl2FNO5. The summed E-state index contributed by atoms with van der Waals surface area (Å²) in [7, 11) is 1.37. The summed E-state index contributed by atoms with van der Waals surface area (Å²) in [6.45, 7) is 1.76. The standard InChI is InChI=1S/C23H16Cl2FNO5/c1-11-8-13(22(31-2)15(25)9-11)20(28)18-19(17-4-3-7-32-17)27(23(30)21(18)29)12-5-6-16(26)14(24)10-12/h3-10,19,28H,1-2H3/b20-18-. The van der Waals surface area contributed by atoms with Crippen LogP contribution < -0.4 is 9.64 Å². The third-order valence-corrected chi connectivity index (χ3v) is 5.66. The number of furan rings is 1. The van der Waals surface area contributed by atoms with E-state index in [1.165, 1.54) is 25.5 Å². The Morgan fingerprint density at radius 1 is 1.16 bits per heavy atom. The SMILES string of the molecule is COc1c(Cl)cc(C)cc1/C(O)=C1/C(=O)C(=O)N(c2ccc(F)c(Cl)c2)C1c1ccco1. The molecule has 0 spiro atoms. The normalized spacial score (nSPS) is 17.8. The van der Waals surface area contributed by atoms with Gasteiger partial charge in [0.15, 0.2) is 0 Å². The Hall–Kier alpha value is -3.29. The summed E-state index contributed by atoms with van der Waals surface area (Å²) in [5.74, 6) is -2.70. The third kappa shape index (κ3) is 3.53. The number of anilines is 1. The summed E-state index contributed by atoms with van der Waals surface area (Å²) in [5.41, 5.74) is 0.772. The molecule has 6 nitrogen and oxygen atoms in total. The monoisotopic (exact) mass is 475 g/mol. The molecule has 9 heteroatoms. The molecule has 1 unspecified atom stereocenters. The van der Waals surface area contributed by atoms with Crippen LogP contribution in [0.2, 0.25) is 10.0 Å². The van der Waals surface area contributed by atoms with Crippen molar-refractivity contribution in [1.82, 2.24) is 0 Å². The maximum atomic E-state index is 13.7. The van der Waals surface area contributed by atoms with E-state index in [-0.39, 0.29) is 38.4 Å². The number of methoxy groups -OCH3 is 1. The van der Waals surface area contributed by atoms with E-state index in [0.29, 0.717) is 5.56 Å². The van der Waals surface area contributed by atoms with Crippen molar-refractivity contribution in [3.63, 3.8) is 0 Å². The molecule has 1 aliphatic rings. The number of Topliss-reactive ketones (excluding diaryl/α,β-unsaturated/α-hetero) is 1. The number of aliphatic hydroxyl groups is 1. The van der Waals surface area contributed by atoms with Crippen LogP contribution in [-0.4, -0.2) is 23.9 Å². The fraction of sp³-hybridized carbons (Fsp3) is 0.130. The van der Waals surface area contributed by atoms with Gasteiger partial charge < -0.3 is 14.3 Å². The van der Waals surface area contributed by atoms with Crippen LogP contribution in [-0.2, 0) is 9.59 Å². The molecule has 1 saturated heterocycles. The number of benzene rings is 2. The fourth-order valence-electron chi connectivity index (χ4n) is 3.71. The van der Waals surface area contributed by atoms with Crippen LogP contribution in [0.4, 0.5) is 10.1 Å². The molecule has 2 heterocycles. The molecule has 1 aliphatic heterocycles. The average Bonchev–Trinajstić information content (AvgIpc) is 3.36. The first-order valence-electron chi connectivity index (χ1n) is 9.38. The molecular weight excluding hydrogens is 460 g/mol. The smallest absolute Gasteiger partial charge is 0.300 e. The van der Waals surface area contributed by atoms with Crippen molar-refractivity contribution in [2.24, 2.45) is 0 Å². The molecule has 4 rings (SSSR count). The Kier molecular flexibility index (Phi) is 5.71. The zero-order valence-electron chi connectivity index (χ0n) is 16.9. The highest BCUT2D eigenvalue weighted by Crippen LogP contribution is 2.45. The highest BCUT2D eigenvalue weighted by atomic mass is 35.5. The van der Waals surface area contributed by atoms with Crippen molar-refractivity contribution in [3.05, 3.63) is 87.1 Å². The summed E-state index contributed by atoms with van der Waals surface area (Å²) in [6.07, 6.45) is 1.37. The van der Waals surface area contributed by atoms with Crippen molar-refractivity contribution in [2.45, 2.75) is 13.0 Å². The van der Waals surface area contributed by atoms with Crippen molar-refractivity contribution in [3.8, 4) is 5.75 Å². The average molecular weight is 476 g/mol. The Bertz CT molecular complexity index is 1270. The molecule has 1 N–H and O–H groups in total. The Labute approximate surface area is 192 Å². The molecule has 1 atom stereocenters. The molecule has 3 aromatic rings. The lowest BCUT2D eigenvalue weighted by Crippen LogP contribution is -2.29. The summed E-state index contributed by atoms with van der Waals surface area (Å²) < 4.78 is 24.5. The van der Waals surface area contributed by atoms with E-state index in [1.807, 2.05) is 0 Å². The number of halogens is 3. The van der Waals surface area contributed by atoms with E-state index in [1.54, 1.807) is 31.2 Å². The first kappa shape index (κ1) is 21.9. The molecule has 164 valence electrons. The van der Waals surface area contributed by atoms with E-state index < -0.39 is 29.3 Å². The second-order valence-electron chi connectivity index (χ2n) is 7.11. The number of amides is 1. The van der Waals surface area contributed by atoms with Gasteiger partial charge in [0.25, 0.3) is 11.7 Å². The first-order chi connectivity index (χ1) is 15.2. The predicted molar refractivity (Wildman–Crippen MR) is 118 cm³/mol. The zero-order chi connectivity index (χ0) is 23.2. The topological polar surface area (TPSA) is 80.0 Å². The highest BCUT2D eigenvalue weighted by molar-refractivity contribution is 6.52. The van der Waals surface area contributed by atoms with Gasteiger partial charge in [0.2, 0.25) is 0 Å². The van der Waals surface area contributed by atoms with Crippen LogP contribution in [0, 0.1) is 12.7 Å². The molecule has 0 saturated carbocycles. The van der Waals surface area contributed by atoms with Crippen LogP contribution in [0.15, 0.2) is 58.7 Å². The minimum Gasteiger partial charge on any atom is -0.507 e. The van der Waals surface area contributed by atoms with Crippen molar-refractivity contribution < 1.29 is 28.2 Å². The van der Waals surface area contributed by atoms with Crippen molar-refractivity contribution >= 4 is 46.3 Å². The number of rotatable bonds is 4. The number of nitrogens with zero attached hydrogens (tertiary/aromatic N) is 1. The van der Waals surface area contributed by atoms with E-state index in [4.69, 9.17) is 32.4 Å². The molecule has 1 fully saturated rings. The number of carbonyl (C=O) groups excluding carboxylic acids is 2. The molecule has 32 heavy (non-hydrogen) atoms. The number of carbonyl (C=O) groups is 2. The number of hydrogen-bond donors (Lipinski definition) is 1. The van der Waals surface area contributed by atoms with Crippen molar-refractivity contribution in [1.29, 1.82) is 0 Å². The van der Waals surface area contributed by atoms with Gasteiger partial charge in [-0.2, -0.15) is 0 Å². The number of ether oxygens (including phenoxy) is 1. The molecule has 0 radical (unpaired) electrons. The molecule has 1 aromatic heterocycles. The third-order valence-electron chi connectivity index (χ3n) is 5.09. The van der Waals surface area contributed by atoms with E-state index in [0.717, 1.165) is 11.0 Å². The van der Waals surface area contributed by atoms with Crippen molar-refractivity contribution in [2.75, 3.05) is 12.0 Å². The molecule has 2 aromatic carbocycles. The first-order valence-corrected chi connectivity index (χ1v) is 10.1. The van der Waals surface area contributed by atoms with Crippen LogP contribution in [0.25, 0.3) is 5.76 Å². The van der Waals surface area contributed by atoms with Gasteiger partial charge in [-0.05, 0) is 55.0 Å². The summed E-state index contributed by atoms with van der Waals surface area (Å²) >= 11 is 12.2. The van der Waals surface area contributed by atoms with E-state index in [9.17, 15) is 19.1 Å². The Morgan fingerprint density at radius 3 is 2.53 bits per heavy atom. The van der Waals surface area contributed by atoms with Gasteiger partial charge in [0, 0.05) is 5.69 Å². The minimum absolute atomic E-state index is 0.143. The second kappa shape index (κ2) is 8.33. The predicted octanol–water partition coefficient (Wildman–Crippen LogP) is 5.67. The molecule has 1 amide bonds. The number of aliphatic hydroxyl groups excluding tert-OH is 1. The van der Waals surface area contributed by atoms with Crippen LogP contribution in [0.3, 0.4) is 0 Å². The minimum atomic E-state index is -1.13. The second-order valence-corrected chi connectivity index (χ2v) is 7.92. The maximum absolute atomic E-state index is 13.7. The van der Waals surface area contributed by atoms with Gasteiger partial charge in [0.05, 0.1) is 34.6 Å². The Morgan fingerprint density at radius 2 is 1.91 bits per heavy atom. The lowest BCUT2D eigenvalue weighted by molar-refractivity contribution is -0.132. The summed E-state index contributed by atoms with van der Waals surface area (Å²) in [6, 6.07) is 8.85. The van der Waals surface area contributed by atoms with Crippen LogP contribution >= 0.6 is 23.2 Å². The van der Waals surface area contributed by atoms with Crippen LogP contribution in [0.1, 0.15) is 22.9 Å². The summed E-state index contributed by atoms with van der Waals surface area (Å²) in [4.78, 5) is 27.2. The molecule has 0 bridgehead atoms. The van der Waals surface area contributed by atoms with Gasteiger partial charge >= 0.3 is 0 Å². The van der Waals surface area contributed by atoms with Gasteiger partial charge in [-0.25, -0.2) is 4.39 Å². The number of ketones is 1. The van der Waals surface area contributed by atoms with Gasteiger partial charge in [-0.15, -0.1) is 0 Å². The largest absolute Gasteiger partial charge is 0.507 e. The highest BCUT2D eigenvalue weighted by Gasteiger charge is 2.48. The van der Waals surface area contributed by atoms with Gasteiger partial charge in [0.1, 0.15) is 29.1 Å². The zero-order valence-corrected chi connectivity index (χ0v) is 18.4. The fourth-order valence-corrected chi connectivity index (χ4v) is 4.23. The summed E-state index contributed by atoms with van der Waals surface area (Å²) in [5, 5.41) is 11.2. The van der Waals surface area contributed by atoms with Gasteiger partial charge in [-0.1, -0.05) is 23.2 Å². The molecule has 0 aliphatic carbocycles. The lowest BCUT2D eigenvalue weighted by atomic mass is 9.97. The number of aryl methyl sites for hydroxylation is 1.